The predicted octanol–water partition coefficient (Wildman–Crippen LogP) is 5.79. The van der Waals surface area contributed by atoms with Crippen LogP contribution in [0.15, 0.2) is 36.4 Å². The fourth-order valence-electron chi connectivity index (χ4n) is 6.06. The maximum atomic E-state index is 13.8. The standard InChI is InChI=1S/C32H39FN6O4/c1-19-23-15-24(29(42-18-41-6)16-28(23)37(5)36-19)25-7-8-27-26(34-25)9-10-30(35-27)38-12-11-21(17-38)39(22-13-20(33)14-22)31(40)43-32(2,3)4/h7-10,15-16,20-22H,11-14,17-18H2,1-6H3. The minimum atomic E-state index is -0.857. The number of rotatable bonds is 7. The van der Waals surface area contributed by atoms with E-state index in [1.165, 1.54) is 0 Å². The van der Waals surface area contributed by atoms with Gasteiger partial charge in [-0.15, -0.1) is 0 Å². The smallest absolute Gasteiger partial charge is 0.410 e. The molecule has 0 N–H and O–H groups in total. The van der Waals surface area contributed by atoms with E-state index in [2.05, 4.69) is 16.1 Å². The highest BCUT2D eigenvalue weighted by Gasteiger charge is 2.43. The van der Waals surface area contributed by atoms with Crippen LogP contribution in [0, 0.1) is 6.92 Å². The molecule has 1 saturated heterocycles. The van der Waals surface area contributed by atoms with Gasteiger partial charge in [0.1, 0.15) is 23.3 Å². The summed E-state index contributed by atoms with van der Waals surface area (Å²) in [5.41, 5.74) is 4.43. The first-order chi connectivity index (χ1) is 20.5. The van der Waals surface area contributed by atoms with Crippen LogP contribution in [-0.4, -0.2) is 81.6 Å². The Morgan fingerprint density at radius 1 is 1.09 bits per heavy atom. The molecule has 228 valence electrons. The van der Waals surface area contributed by atoms with Gasteiger partial charge in [-0.25, -0.2) is 19.2 Å². The molecule has 1 atom stereocenters. The van der Waals surface area contributed by atoms with Crippen LogP contribution < -0.4 is 9.64 Å². The molecular formula is C32H39FN6O4. The summed E-state index contributed by atoms with van der Waals surface area (Å²) in [4.78, 5) is 27.0. The Hall–Kier alpha value is -3.99. The van der Waals surface area contributed by atoms with Crippen LogP contribution in [0.3, 0.4) is 0 Å². The van der Waals surface area contributed by atoms with Gasteiger partial charge in [0.15, 0.2) is 6.79 Å². The summed E-state index contributed by atoms with van der Waals surface area (Å²) in [6.45, 7) is 9.02. The number of nitrogens with zero attached hydrogens (tertiary/aromatic N) is 6. The van der Waals surface area contributed by atoms with E-state index >= 15 is 0 Å². The van der Waals surface area contributed by atoms with Crippen LogP contribution >= 0.6 is 0 Å². The van der Waals surface area contributed by atoms with E-state index in [0.29, 0.717) is 25.1 Å². The van der Waals surface area contributed by atoms with Crippen molar-refractivity contribution in [2.75, 3.05) is 31.9 Å². The highest BCUT2D eigenvalue weighted by atomic mass is 19.1. The summed E-state index contributed by atoms with van der Waals surface area (Å²) in [6.07, 6.45) is 0.273. The largest absolute Gasteiger partial charge is 0.467 e. The normalized spacial score (nSPS) is 20.4. The molecule has 2 aliphatic rings. The molecule has 11 heteroatoms. The van der Waals surface area contributed by atoms with E-state index in [1.54, 1.807) is 12.0 Å². The lowest BCUT2D eigenvalue weighted by molar-refractivity contribution is -0.0178. The molecule has 43 heavy (non-hydrogen) atoms. The monoisotopic (exact) mass is 590 g/mol. The Labute approximate surface area is 250 Å². The molecule has 3 aromatic heterocycles. The third-order valence-corrected chi connectivity index (χ3v) is 8.21. The number of hydrogen-bond donors (Lipinski definition) is 0. The number of ether oxygens (including phenoxy) is 3. The number of methoxy groups -OCH3 is 1. The van der Waals surface area contributed by atoms with Gasteiger partial charge >= 0.3 is 6.09 Å². The molecule has 0 bridgehead atoms. The zero-order valence-corrected chi connectivity index (χ0v) is 25.6. The first kappa shape index (κ1) is 29.1. The molecule has 1 saturated carbocycles. The maximum absolute atomic E-state index is 13.8. The van der Waals surface area contributed by atoms with Crippen LogP contribution in [0.4, 0.5) is 15.0 Å². The molecule has 6 rings (SSSR count). The molecule has 0 radical (unpaired) electrons. The van der Waals surface area contributed by atoms with Crippen molar-refractivity contribution in [2.45, 2.75) is 70.8 Å². The van der Waals surface area contributed by atoms with Crippen LogP contribution in [-0.2, 0) is 16.5 Å². The summed E-state index contributed by atoms with van der Waals surface area (Å²) in [5.74, 6) is 1.49. The van der Waals surface area contributed by atoms with Crippen LogP contribution in [0.25, 0.3) is 33.2 Å². The van der Waals surface area contributed by atoms with Gasteiger partial charge in [-0.05, 0) is 77.3 Å². The van der Waals surface area contributed by atoms with E-state index in [4.69, 9.17) is 24.2 Å². The summed E-state index contributed by atoms with van der Waals surface area (Å²) >= 11 is 0. The third kappa shape index (κ3) is 5.82. The maximum Gasteiger partial charge on any atom is 0.410 e. The zero-order chi connectivity index (χ0) is 30.5. The van der Waals surface area contributed by atoms with Gasteiger partial charge in [0.25, 0.3) is 0 Å². The molecular weight excluding hydrogens is 551 g/mol. The minimum Gasteiger partial charge on any atom is -0.467 e. The topological polar surface area (TPSA) is 94.8 Å². The van der Waals surface area contributed by atoms with Gasteiger partial charge in [-0.1, -0.05) is 0 Å². The van der Waals surface area contributed by atoms with Crippen molar-refractivity contribution in [3.05, 3.63) is 42.1 Å². The molecule has 10 nitrogen and oxygen atoms in total. The summed E-state index contributed by atoms with van der Waals surface area (Å²) in [6, 6.07) is 11.7. The second kappa shape index (κ2) is 11.3. The molecule has 1 aliphatic carbocycles. The number of amides is 1. The number of aryl methyl sites for hydroxylation is 2. The molecule has 2 fully saturated rings. The number of aromatic nitrogens is 4. The van der Waals surface area contributed by atoms with E-state index < -0.39 is 11.8 Å². The SMILES string of the molecule is COCOc1cc2c(cc1-c1ccc3nc(N4CCC(N(C(=O)OC(C)(C)C)C5CC(F)C5)C4)ccc3n1)c(C)nn2C. The lowest BCUT2D eigenvalue weighted by Crippen LogP contribution is -2.55. The molecule has 4 heterocycles. The fraction of sp³-hybridized carbons (Fsp3) is 0.500. The number of fused-ring (bicyclic) bond motifs is 2. The van der Waals surface area contributed by atoms with Gasteiger partial charge in [0, 0.05) is 50.3 Å². The van der Waals surface area contributed by atoms with Gasteiger partial charge in [0.2, 0.25) is 0 Å². The van der Waals surface area contributed by atoms with Crippen molar-refractivity contribution in [1.29, 1.82) is 0 Å². The van der Waals surface area contributed by atoms with Crippen LogP contribution in [0.2, 0.25) is 0 Å². The average Bonchev–Trinajstić information content (AvgIpc) is 3.53. The van der Waals surface area contributed by atoms with E-state index in [-0.39, 0.29) is 25.0 Å². The number of halogens is 1. The molecule has 1 aliphatic heterocycles. The van der Waals surface area contributed by atoms with Gasteiger partial charge in [0.05, 0.1) is 34.0 Å². The highest BCUT2D eigenvalue weighted by Crippen LogP contribution is 2.37. The Balaban J connectivity index is 1.25. The average molecular weight is 591 g/mol. The predicted molar refractivity (Wildman–Crippen MR) is 163 cm³/mol. The zero-order valence-electron chi connectivity index (χ0n) is 25.6. The Bertz CT molecular complexity index is 1660. The van der Waals surface area contributed by atoms with E-state index in [9.17, 15) is 9.18 Å². The third-order valence-electron chi connectivity index (χ3n) is 8.21. The first-order valence-corrected chi connectivity index (χ1v) is 14.8. The molecule has 1 aromatic carbocycles. The van der Waals surface area contributed by atoms with Crippen molar-refractivity contribution >= 4 is 33.8 Å². The number of alkyl halides is 1. The van der Waals surface area contributed by atoms with E-state index in [0.717, 1.165) is 57.7 Å². The molecule has 0 spiro atoms. The number of anilines is 1. The lowest BCUT2D eigenvalue weighted by Gasteiger charge is -2.43. The minimum absolute atomic E-state index is 0.0679. The summed E-state index contributed by atoms with van der Waals surface area (Å²) in [5, 5.41) is 5.59. The van der Waals surface area contributed by atoms with Gasteiger partial charge in [-0.3, -0.25) is 4.68 Å². The number of carbonyl (C=O) groups excluding carboxylic acids is 1. The van der Waals surface area contributed by atoms with Crippen LogP contribution in [0.1, 0.15) is 45.7 Å². The van der Waals surface area contributed by atoms with Crippen molar-refractivity contribution in [1.82, 2.24) is 24.6 Å². The number of benzene rings is 1. The highest BCUT2D eigenvalue weighted by molar-refractivity contribution is 5.91. The second-order valence-electron chi connectivity index (χ2n) is 12.5. The molecule has 1 amide bonds. The quantitative estimate of drug-likeness (QED) is 0.250. The van der Waals surface area contributed by atoms with Crippen LogP contribution in [0.5, 0.6) is 5.75 Å². The van der Waals surface area contributed by atoms with Crippen molar-refractivity contribution in [3.8, 4) is 17.0 Å². The van der Waals surface area contributed by atoms with Crippen molar-refractivity contribution < 1.29 is 23.4 Å². The number of carbonyl (C=O) groups is 1. The first-order valence-electron chi connectivity index (χ1n) is 14.8. The number of hydrogen-bond acceptors (Lipinski definition) is 8. The summed E-state index contributed by atoms with van der Waals surface area (Å²) in [7, 11) is 3.51. The summed E-state index contributed by atoms with van der Waals surface area (Å²) < 4.78 is 32.5. The Morgan fingerprint density at radius 3 is 2.56 bits per heavy atom. The lowest BCUT2D eigenvalue weighted by atomic mass is 9.88. The Morgan fingerprint density at radius 2 is 1.84 bits per heavy atom. The fourth-order valence-corrected chi connectivity index (χ4v) is 6.06. The van der Waals surface area contributed by atoms with E-state index in [1.807, 2.05) is 69.8 Å². The van der Waals surface area contributed by atoms with Crippen molar-refractivity contribution in [3.63, 3.8) is 0 Å². The molecule has 4 aromatic rings. The van der Waals surface area contributed by atoms with Crippen molar-refractivity contribution in [2.24, 2.45) is 7.05 Å². The van der Waals surface area contributed by atoms with Gasteiger partial charge in [-0.2, -0.15) is 5.10 Å². The Kier molecular flexibility index (Phi) is 7.62. The number of pyridine rings is 2. The molecule has 1 unspecified atom stereocenters. The van der Waals surface area contributed by atoms with Gasteiger partial charge < -0.3 is 24.0 Å². The second-order valence-corrected chi connectivity index (χ2v) is 12.5.